The van der Waals surface area contributed by atoms with Crippen molar-refractivity contribution in [1.82, 2.24) is 0 Å². The third-order valence-electron chi connectivity index (χ3n) is 2.20. The van der Waals surface area contributed by atoms with E-state index < -0.39 is 0 Å². The molecule has 0 fully saturated rings. The second kappa shape index (κ2) is 4.01. The number of rotatable bonds is 3. The maximum atomic E-state index is 5.03. The van der Waals surface area contributed by atoms with Crippen molar-refractivity contribution >= 4 is 5.69 Å². The predicted molar refractivity (Wildman–Crippen MR) is 57.2 cm³/mol. The molecule has 1 unspecified atom stereocenters. The quantitative estimate of drug-likeness (QED) is 0.796. The molecule has 0 radical (unpaired) electrons. The molecule has 1 aromatic carbocycles. The second-order valence-electron chi connectivity index (χ2n) is 3.29. The molecule has 0 aliphatic carbocycles. The molecule has 0 amide bonds. The summed E-state index contributed by atoms with van der Waals surface area (Å²) < 4.78 is 5.03. The lowest BCUT2D eigenvalue weighted by atomic mass is 10.1. The topological polar surface area (TPSA) is 25.2 Å². The van der Waals surface area contributed by atoms with E-state index >= 15 is 0 Å². The van der Waals surface area contributed by atoms with E-state index in [4.69, 9.17) is 4.42 Å². The number of nitrogens with one attached hydrogen (secondary N) is 1. The van der Waals surface area contributed by atoms with E-state index in [9.17, 15) is 0 Å². The third-order valence-corrected chi connectivity index (χ3v) is 2.20. The number of hydrogen-bond donors (Lipinski definition) is 1. The Balaban J connectivity index is 2.06. The molecule has 1 heterocycles. The summed E-state index contributed by atoms with van der Waals surface area (Å²) in [5.41, 5.74) is 2.29. The molecular weight excluding hydrogens is 174 g/mol. The maximum absolute atomic E-state index is 5.03. The average Bonchev–Trinajstić information content (AvgIpc) is 2.72. The summed E-state index contributed by atoms with van der Waals surface area (Å²) in [6, 6.07) is 12.4. The summed E-state index contributed by atoms with van der Waals surface area (Å²) in [5, 5.41) is 3.38. The van der Waals surface area contributed by atoms with Gasteiger partial charge in [0.2, 0.25) is 0 Å². The largest absolute Gasteiger partial charge is 0.472 e. The normalized spacial score (nSPS) is 12.4. The van der Waals surface area contributed by atoms with Gasteiger partial charge in [0, 0.05) is 11.3 Å². The summed E-state index contributed by atoms with van der Waals surface area (Å²) in [7, 11) is 0. The molecule has 2 heteroatoms. The first-order chi connectivity index (χ1) is 6.86. The van der Waals surface area contributed by atoms with Crippen LogP contribution in [0.1, 0.15) is 18.5 Å². The smallest absolute Gasteiger partial charge is 0.0955 e. The van der Waals surface area contributed by atoms with Gasteiger partial charge < -0.3 is 9.73 Å². The minimum Gasteiger partial charge on any atom is -0.472 e. The highest BCUT2D eigenvalue weighted by molar-refractivity contribution is 5.44. The Hall–Kier alpha value is -1.70. The monoisotopic (exact) mass is 187 g/mol. The number of hydrogen-bond acceptors (Lipinski definition) is 2. The van der Waals surface area contributed by atoms with Gasteiger partial charge in [-0.2, -0.15) is 0 Å². The van der Waals surface area contributed by atoms with Gasteiger partial charge in [-0.3, -0.25) is 0 Å². The van der Waals surface area contributed by atoms with Gasteiger partial charge in [-0.05, 0) is 25.1 Å². The van der Waals surface area contributed by atoms with E-state index in [1.807, 2.05) is 24.3 Å². The van der Waals surface area contributed by atoms with Crippen LogP contribution in [0.3, 0.4) is 0 Å². The fourth-order valence-corrected chi connectivity index (χ4v) is 1.39. The molecule has 1 N–H and O–H groups in total. The van der Waals surface area contributed by atoms with E-state index in [2.05, 4.69) is 24.4 Å². The Labute approximate surface area is 83.6 Å². The molecule has 2 aromatic rings. The third kappa shape index (κ3) is 1.96. The number of anilines is 1. The summed E-state index contributed by atoms with van der Waals surface area (Å²) in [4.78, 5) is 0. The summed E-state index contributed by atoms with van der Waals surface area (Å²) in [6.45, 7) is 2.11. The Bertz CT molecular complexity index is 366. The Morgan fingerprint density at radius 1 is 1.14 bits per heavy atom. The summed E-state index contributed by atoms with van der Waals surface area (Å²) >= 11 is 0. The molecule has 2 rings (SSSR count). The van der Waals surface area contributed by atoms with Crippen molar-refractivity contribution in [2.45, 2.75) is 13.0 Å². The molecule has 0 aliphatic heterocycles. The van der Waals surface area contributed by atoms with E-state index in [0.29, 0.717) is 0 Å². The lowest BCUT2D eigenvalue weighted by Gasteiger charge is -2.12. The first-order valence-corrected chi connectivity index (χ1v) is 4.70. The molecule has 0 saturated carbocycles. The van der Waals surface area contributed by atoms with Crippen LogP contribution in [0.2, 0.25) is 0 Å². The molecule has 1 aromatic heterocycles. The lowest BCUT2D eigenvalue weighted by Crippen LogP contribution is -2.04. The lowest BCUT2D eigenvalue weighted by molar-refractivity contribution is 0.562. The van der Waals surface area contributed by atoms with Crippen molar-refractivity contribution in [3.8, 4) is 0 Å². The molecular formula is C12H13NO. The van der Waals surface area contributed by atoms with Crippen molar-refractivity contribution < 1.29 is 4.42 Å². The molecule has 1 atom stereocenters. The van der Waals surface area contributed by atoms with Crippen LogP contribution in [0.25, 0.3) is 0 Å². The highest BCUT2D eigenvalue weighted by atomic mass is 16.3. The zero-order valence-corrected chi connectivity index (χ0v) is 8.10. The fraction of sp³-hybridized carbons (Fsp3) is 0.167. The summed E-state index contributed by atoms with van der Waals surface area (Å²) in [5.74, 6) is 0. The SMILES string of the molecule is CC(Nc1ccccc1)c1ccoc1. The fourth-order valence-electron chi connectivity index (χ4n) is 1.39. The predicted octanol–water partition coefficient (Wildman–Crippen LogP) is 3.45. The van der Waals surface area contributed by atoms with Gasteiger partial charge in [-0.25, -0.2) is 0 Å². The van der Waals surface area contributed by atoms with Gasteiger partial charge in [0.15, 0.2) is 0 Å². The van der Waals surface area contributed by atoms with Crippen molar-refractivity contribution in [1.29, 1.82) is 0 Å². The number of para-hydroxylation sites is 1. The van der Waals surface area contributed by atoms with Gasteiger partial charge in [-0.1, -0.05) is 18.2 Å². The van der Waals surface area contributed by atoms with Crippen LogP contribution in [0.4, 0.5) is 5.69 Å². The average molecular weight is 187 g/mol. The Morgan fingerprint density at radius 2 is 1.93 bits per heavy atom. The van der Waals surface area contributed by atoms with Crippen LogP contribution in [-0.2, 0) is 0 Å². The van der Waals surface area contributed by atoms with Crippen molar-refractivity contribution in [3.63, 3.8) is 0 Å². The Kier molecular flexibility index (Phi) is 2.54. The molecule has 14 heavy (non-hydrogen) atoms. The molecule has 72 valence electrons. The minimum atomic E-state index is 0.274. The van der Waals surface area contributed by atoms with Gasteiger partial charge in [0.25, 0.3) is 0 Å². The minimum absolute atomic E-state index is 0.274. The van der Waals surface area contributed by atoms with Gasteiger partial charge in [0.05, 0.1) is 18.6 Å². The Morgan fingerprint density at radius 3 is 2.57 bits per heavy atom. The van der Waals surface area contributed by atoms with E-state index in [1.165, 1.54) is 0 Å². The van der Waals surface area contributed by atoms with Crippen molar-refractivity contribution in [2.24, 2.45) is 0 Å². The molecule has 0 spiro atoms. The van der Waals surface area contributed by atoms with E-state index in [-0.39, 0.29) is 6.04 Å². The highest BCUT2D eigenvalue weighted by Gasteiger charge is 2.05. The van der Waals surface area contributed by atoms with Gasteiger partial charge >= 0.3 is 0 Å². The molecule has 0 bridgehead atoms. The first kappa shape index (κ1) is 8.88. The van der Waals surface area contributed by atoms with E-state index in [0.717, 1.165) is 11.3 Å². The standard InChI is InChI=1S/C12H13NO/c1-10(11-7-8-14-9-11)13-12-5-3-2-4-6-12/h2-10,13H,1H3. The van der Waals surface area contributed by atoms with Crippen LogP contribution in [0.5, 0.6) is 0 Å². The first-order valence-electron chi connectivity index (χ1n) is 4.70. The molecule has 2 nitrogen and oxygen atoms in total. The zero-order chi connectivity index (χ0) is 9.80. The van der Waals surface area contributed by atoms with Gasteiger partial charge in [-0.15, -0.1) is 0 Å². The van der Waals surface area contributed by atoms with Crippen LogP contribution in [0.15, 0.2) is 53.3 Å². The number of furan rings is 1. The molecule has 0 aliphatic rings. The van der Waals surface area contributed by atoms with Crippen molar-refractivity contribution in [2.75, 3.05) is 5.32 Å². The van der Waals surface area contributed by atoms with E-state index in [1.54, 1.807) is 12.5 Å². The highest BCUT2D eigenvalue weighted by Crippen LogP contribution is 2.18. The summed E-state index contributed by atoms with van der Waals surface area (Å²) in [6.07, 6.45) is 3.46. The van der Waals surface area contributed by atoms with Crippen LogP contribution in [0, 0.1) is 0 Å². The van der Waals surface area contributed by atoms with Crippen LogP contribution in [-0.4, -0.2) is 0 Å². The second-order valence-corrected chi connectivity index (χ2v) is 3.29. The van der Waals surface area contributed by atoms with Crippen LogP contribution >= 0.6 is 0 Å². The number of benzene rings is 1. The van der Waals surface area contributed by atoms with Crippen LogP contribution < -0.4 is 5.32 Å². The maximum Gasteiger partial charge on any atom is 0.0955 e. The zero-order valence-electron chi connectivity index (χ0n) is 8.10. The molecule has 0 saturated heterocycles. The van der Waals surface area contributed by atoms with Crippen molar-refractivity contribution in [3.05, 3.63) is 54.5 Å². The van der Waals surface area contributed by atoms with Gasteiger partial charge in [0.1, 0.15) is 0 Å².